The molecule has 0 spiro atoms. The van der Waals surface area contributed by atoms with Gasteiger partial charge in [0.05, 0.1) is 18.2 Å². The molecule has 0 saturated carbocycles. The number of hydrogen-bond donors (Lipinski definition) is 0. The molecule has 0 aliphatic heterocycles. The molecule has 3 nitrogen and oxygen atoms in total. The first-order chi connectivity index (χ1) is 10.2. The number of terminal acetylenes is 1. The van der Waals surface area contributed by atoms with Crippen LogP contribution in [0.1, 0.15) is 31.8 Å². The van der Waals surface area contributed by atoms with Gasteiger partial charge in [-0.05, 0) is 23.6 Å². The second-order valence-electron chi connectivity index (χ2n) is 5.43. The molecule has 1 heterocycles. The van der Waals surface area contributed by atoms with Crippen LogP contribution in [-0.4, -0.2) is 11.3 Å². The van der Waals surface area contributed by atoms with E-state index in [-0.39, 0.29) is 23.5 Å². The summed E-state index contributed by atoms with van der Waals surface area (Å²) in [7, 11) is 0. The average Bonchev–Trinajstić information content (AvgIpc) is 2.83. The van der Waals surface area contributed by atoms with Gasteiger partial charge in [-0.3, -0.25) is 4.79 Å². The second-order valence-corrected chi connectivity index (χ2v) is 6.91. The molecule has 0 aromatic carbocycles. The molecule has 1 aromatic heterocycles. The van der Waals surface area contributed by atoms with E-state index in [2.05, 4.69) is 5.92 Å². The Morgan fingerprint density at radius 2 is 2.09 bits per heavy atom. The van der Waals surface area contributed by atoms with Crippen molar-refractivity contribution in [1.82, 2.24) is 0 Å². The minimum atomic E-state index is -0.550. The lowest BCUT2D eigenvalue weighted by molar-refractivity contribution is -0.147. The highest BCUT2D eigenvalue weighted by Crippen LogP contribution is 2.32. The summed E-state index contributed by atoms with van der Waals surface area (Å²) in [4.78, 5) is 11.9. The van der Waals surface area contributed by atoms with E-state index < -0.39 is 10.8 Å². The maximum atomic E-state index is 11.9. The first-order valence-electron chi connectivity index (χ1n) is 6.58. The number of esters is 1. The largest absolute Gasteiger partial charge is 0.461 e. The normalized spacial score (nSPS) is 12.4. The lowest BCUT2D eigenvalue weighted by Gasteiger charge is -2.26. The molecular weight excluding hydrogens is 347 g/mol. The molecule has 1 rings (SSSR count). The van der Waals surface area contributed by atoms with E-state index in [0.717, 1.165) is 0 Å². The Balaban J connectivity index is 2.51. The van der Waals surface area contributed by atoms with E-state index in [4.69, 9.17) is 50.4 Å². The molecule has 6 heteroatoms. The molecule has 0 fully saturated rings. The van der Waals surface area contributed by atoms with E-state index in [0.29, 0.717) is 17.9 Å². The molecular formula is C16H17Cl3O3. The SMILES string of the molecule is C#CCc1ccc(COC(=O)CC(C)(C)C(Cl)C=C(Cl)Cl)o1. The van der Waals surface area contributed by atoms with Crippen LogP contribution in [0.3, 0.4) is 0 Å². The molecule has 0 aliphatic carbocycles. The third-order valence-electron chi connectivity index (χ3n) is 2.99. The van der Waals surface area contributed by atoms with Crippen LogP contribution in [0.25, 0.3) is 0 Å². The Hall–Kier alpha value is -1.08. The third-order valence-corrected chi connectivity index (χ3v) is 3.96. The average molecular weight is 364 g/mol. The van der Waals surface area contributed by atoms with Crippen molar-refractivity contribution in [2.45, 2.75) is 38.7 Å². The van der Waals surface area contributed by atoms with Crippen molar-refractivity contribution in [1.29, 1.82) is 0 Å². The Kier molecular flexibility index (Phi) is 7.35. The van der Waals surface area contributed by atoms with Crippen LogP contribution >= 0.6 is 34.8 Å². The van der Waals surface area contributed by atoms with Gasteiger partial charge in [-0.25, -0.2) is 0 Å². The van der Waals surface area contributed by atoms with Gasteiger partial charge < -0.3 is 9.15 Å². The number of carbonyl (C=O) groups excluding carboxylic acids is 1. The summed E-state index contributed by atoms with van der Waals surface area (Å²) in [5, 5.41) is -0.490. The van der Waals surface area contributed by atoms with Crippen molar-refractivity contribution < 1.29 is 13.9 Å². The van der Waals surface area contributed by atoms with Crippen molar-refractivity contribution >= 4 is 40.8 Å². The first kappa shape index (κ1) is 19.0. The van der Waals surface area contributed by atoms with E-state index in [9.17, 15) is 4.79 Å². The Labute approximate surface area is 145 Å². The highest BCUT2D eigenvalue weighted by molar-refractivity contribution is 6.56. The number of halogens is 3. The van der Waals surface area contributed by atoms with E-state index in [1.54, 1.807) is 12.1 Å². The number of rotatable bonds is 7. The van der Waals surface area contributed by atoms with Gasteiger partial charge in [0.1, 0.15) is 22.6 Å². The van der Waals surface area contributed by atoms with Gasteiger partial charge in [-0.15, -0.1) is 18.0 Å². The van der Waals surface area contributed by atoms with Crippen LogP contribution in [0.15, 0.2) is 27.1 Å². The Bertz CT molecular complexity index is 578. The molecule has 1 atom stereocenters. The molecule has 0 amide bonds. The zero-order valence-electron chi connectivity index (χ0n) is 12.4. The molecule has 0 bridgehead atoms. The number of hydrogen-bond acceptors (Lipinski definition) is 3. The number of allylic oxidation sites excluding steroid dienone is 1. The summed E-state index contributed by atoms with van der Waals surface area (Å²) in [5.41, 5.74) is -0.550. The smallest absolute Gasteiger partial charge is 0.306 e. The van der Waals surface area contributed by atoms with Crippen LogP contribution < -0.4 is 0 Å². The van der Waals surface area contributed by atoms with Gasteiger partial charge in [0.15, 0.2) is 0 Å². The fraction of sp³-hybridized carbons (Fsp3) is 0.438. The van der Waals surface area contributed by atoms with Crippen LogP contribution in [-0.2, 0) is 22.6 Å². The lowest BCUT2D eigenvalue weighted by Crippen LogP contribution is -2.27. The topological polar surface area (TPSA) is 39.4 Å². The van der Waals surface area contributed by atoms with E-state index in [1.165, 1.54) is 6.08 Å². The predicted molar refractivity (Wildman–Crippen MR) is 88.9 cm³/mol. The molecule has 0 aliphatic rings. The van der Waals surface area contributed by atoms with Gasteiger partial charge in [-0.2, -0.15) is 0 Å². The summed E-state index contributed by atoms with van der Waals surface area (Å²) in [6.07, 6.45) is 7.20. The van der Waals surface area contributed by atoms with Gasteiger partial charge in [-0.1, -0.05) is 43.0 Å². The molecule has 120 valence electrons. The van der Waals surface area contributed by atoms with Crippen LogP contribution in [0.5, 0.6) is 0 Å². The molecule has 1 aromatic rings. The first-order valence-corrected chi connectivity index (χ1v) is 7.77. The van der Waals surface area contributed by atoms with Gasteiger partial charge >= 0.3 is 5.97 Å². The minimum absolute atomic E-state index is 0.0541. The van der Waals surface area contributed by atoms with Gasteiger partial charge in [0, 0.05) is 0 Å². The summed E-state index contributed by atoms with van der Waals surface area (Å²) in [6.45, 7) is 3.71. The molecule has 0 N–H and O–H groups in total. The monoisotopic (exact) mass is 362 g/mol. The quantitative estimate of drug-likeness (QED) is 0.395. The molecule has 22 heavy (non-hydrogen) atoms. The number of furan rings is 1. The zero-order valence-corrected chi connectivity index (χ0v) is 14.6. The highest BCUT2D eigenvalue weighted by Gasteiger charge is 2.30. The van der Waals surface area contributed by atoms with Crippen molar-refractivity contribution in [3.63, 3.8) is 0 Å². The maximum Gasteiger partial charge on any atom is 0.306 e. The predicted octanol–water partition coefficient (Wildman–Crippen LogP) is 4.84. The number of alkyl halides is 1. The Morgan fingerprint density at radius 3 is 2.68 bits per heavy atom. The second kappa shape index (κ2) is 8.53. The van der Waals surface area contributed by atoms with Crippen molar-refractivity contribution in [3.05, 3.63) is 34.2 Å². The van der Waals surface area contributed by atoms with Crippen LogP contribution in [0.2, 0.25) is 0 Å². The third kappa shape index (κ3) is 6.36. The minimum Gasteiger partial charge on any atom is -0.461 e. The van der Waals surface area contributed by atoms with Crippen LogP contribution in [0.4, 0.5) is 0 Å². The van der Waals surface area contributed by atoms with Gasteiger partial charge in [0.25, 0.3) is 0 Å². The summed E-state index contributed by atoms with van der Waals surface area (Å²) < 4.78 is 10.7. The van der Waals surface area contributed by atoms with E-state index in [1.807, 2.05) is 13.8 Å². The number of carbonyl (C=O) groups is 1. The summed E-state index contributed by atoms with van der Waals surface area (Å²) in [6, 6.07) is 3.49. The summed E-state index contributed by atoms with van der Waals surface area (Å²) >= 11 is 17.3. The fourth-order valence-corrected chi connectivity index (χ4v) is 2.29. The van der Waals surface area contributed by atoms with Crippen LogP contribution in [0, 0.1) is 17.8 Å². The zero-order chi connectivity index (χ0) is 16.8. The highest BCUT2D eigenvalue weighted by atomic mass is 35.5. The molecule has 0 radical (unpaired) electrons. The van der Waals surface area contributed by atoms with Crippen molar-refractivity contribution in [3.8, 4) is 12.3 Å². The molecule has 0 saturated heterocycles. The maximum absolute atomic E-state index is 11.9. The van der Waals surface area contributed by atoms with Crippen molar-refractivity contribution in [2.75, 3.05) is 0 Å². The lowest BCUT2D eigenvalue weighted by atomic mass is 9.85. The molecule has 1 unspecified atom stereocenters. The van der Waals surface area contributed by atoms with Crippen molar-refractivity contribution in [2.24, 2.45) is 5.41 Å². The summed E-state index contributed by atoms with van der Waals surface area (Å²) in [5.74, 6) is 3.30. The number of ether oxygens (including phenoxy) is 1. The fourth-order valence-electron chi connectivity index (χ4n) is 1.70. The standard InChI is InChI=1S/C16H17Cl3O3/c1-4-5-11-6-7-12(22-11)10-21-15(20)9-16(2,3)13(17)8-14(18)19/h1,6-8,13H,5,9-10H2,2-3H3. The van der Waals surface area contributed by atoms with Gasteiger partial charge in [0.2, 0.25) is 0 Å². The Morgan fingerprint density at radius 1 is 1.45 bits per heavy atom. The van der Waals surface area contributed by atoms with E-state index >= 15 is 0 Å².